The topological polar surface area (TPSA) is 96.6 Å². The zero-order valence-corrected chi connectivity index (χ0v) is 20.4. The second kappa shape index (κ2) is 14.1. The maximum absolute atomic E-state index is 12.3. The SMILES string of the molecule is CCNC(=NCC(CO)Cc1ccc(OC(F)(F)F)cc1)NCCn1cnnc1CC.I. The molecule has 1 atom stereocenters. The van der Waals surface area contributed by atoms with E-state index in [-0.39, 0.29) is 42.3 Å². The van der Waals surface area contributed by atoms with Gasteiger partial charge in [-0.3, -0.25) is 4.99 Å². The van der Waals surface area contributed by atoms with Gasteiger partial charge in [-0.1, -0.05) is 19.1 Å². The number of hydrogen-bond donors (Lipinski definition) is 3. The number of rotatable bonds is 11. The number of ether oxygens (including phenoxy) is 1. The quantitative estimate of drug-likeness (QED) is 0.219. The van der Waals surface area contributed by atoms with Gasteiger partial charge in [0.2, 0.25) is 0 Å². The molecule has 1 unspecified atom stereocenters. The normalized spacial score (nSPS) is 12.8. The Bertz CT molecular complexity index is 814. The van der Waals surface area contributed by atoms with Crippen molar-refractivity contribution in [2.75, 3.05) is 26.2 Å². The second-order valence-electron chi connectivity index (χ2n) is 6.88. The number of benzene rings is 1. The molecule has 0 spiro atoms. The first kappa shape index (κ1) is 27.9. The second-order valence-corrected chi connectivity index (χ2v) is 6.88. The molecule has 0 aliphatic heterocycles. The van der Waals surface area contributed by atoms with Crippen LogP contribution in [0.1, 0.15) is 25.2 Å². The molecule has 0 radical (unpaired) electrons. The number of nitrogens with one attached hydrogen (secondary N) is 2. The highest BCUT2D eigenvalue weighted by Gasteiger charge is 2.30. The van der Waals surface area contributed by atoms with Crippen LogP contribution in [0.5, 0.6) is 5.75 Å². The third-order valence-electron chi connectivity index (χ3n) is 4.45. The largest absolute Gasteiger partial charge is 0.573 e. The highest BCUT2D eigenvalue weighted by Crippen LogP contribution is 2.23. The van der Waals surface area contributed by atoms with E-state index in [4.69, 9.17) is 0 Å². The summed E-state index contributed by atoms with van der Waals surface area (Å²) >= 11 is 0. The molecule has 0 fully saturated rings. The predicted molar refractivity (Wildman–Crippen MR) is 126 cm³/mol. The van der Waals surface area contributed by atoms with Gasteiger partial charge in [0, 0.05) is 45.1 Å². The van der Waals surface area contributed by atoms with Crippen molar-refractivity contribution in [1.29, 1.82) is 0 Å². The molecule has 32 heavy (non-hydrogen) atoms. The van der Waals surface area contributed by atoms with Gasteiger partial charge in [-0.25, -0.2) is 0 Å². The van der Waals surface area contributed by atoms with Crippen LogP contribution in [-0.4, -0.2) is 58.4 Å². The van der Waals surface area contributed by atoms with Crippen LogP contribution < -0.4 is 15.4 Å². The summed E-state index contributed by atoms with van der Waals surface area (Å²) in [6, 6.07) is 5.64. The highest BCUT2D eigenvalue weighted by molar-refractivity contribution is 14.0. The van der Waals surface area contributed by atoms with Crippen LogP contribution in [0.2, 0.25) is 0 Å². The maximum Gasteiger partial charge on any atom is 0.573 e. The Morgan fingerprint density at radius 1 is 1.22 bits per heavy atom. The number of aliphatic hydroxyl groups is 1. The van der Waals surface area contributed by atoms with Crippen LogP contribution in [0.25, 0.3) is 0 Å². The van der Waals surface area contributed by atoms with Crippen LogP contribution in [0.4, 0.5) is 13.2 Å². The van der Waals surface area contributed by atoms with Crippen molar-refractivity contribution in [2.24, 2.45) is 10.9 Å². The first-order valence-corrected chi connectivity index (χ1v) is 10.2. The van der Waals surface area contributed by atoms with E-state index in [1.807, 2.05) is 18.4 Å². The van der Waals surface area contributed by atoms with E-state index < -0.39 is 6.36 Å². The average molecular weight is 570 g/mol. The van der Waals surface area contributed by atoms with E-state index in [9.17, 15) is 18.3 Å². The van der Waals surface area contributed by atoms with Crippen molar-refractivity contribution >= 4 is 29.9 Å². The molecule has 0 saturated carbocycles. The van der Waals surface area contributed by atoms with Gasteiger partial charge in [-0.15, -0.1) is 47.3 Å². The number of alkyl halides is 3. The molecule has 1 heterocycles. The van der Waals surface area contributed by atoms with Gasteiger partial charge in [-0.2, -0.15) is 0 Å². The Labute approximate surface area is 202 Å². The van der Waals surface area contributed by atoms with Crippen molar-refractivity contribution in [3.8, 4) is 5.75 Å². The zero-order valence-electron chi connectivity index (χ0n) is 18.1. The van der Waals surface area contributed by atoms with Crippen LogP contribution in [0, 0.1) is 5.92 Å². The molecule has 1 aromatic carbocycles. The molecule has 0 aliphatic rings. The van der Waals surface area contributed by atoms with Gasteiger partial charge in [0.25, 0.3) is 0 Å². The molecule has 8 nitrogen and oxygen atoms in total. The standard InChI is InChI=1S/C20H29F3N6O2.HI/c1-3-18-28-27-14-29(18)10-9-25-19(24-4-2)26-12-16(13-30)11-15-5-7-17(8-6-15)31-20(21,22)23;/h5-8,14,16,30H,3-4,9-13H2,1-2H3,(H2,24,25,26);1H. The van der Waals surface area contributed by atoms with E-state index in [1.165, 1.54) is 12.1 Å². The smallest absolute Gasteiger partial charge is 0.406 e. The molecule has 1 aromatic heterocycles. The number of aromatic nitrogens is 3. The van der Waals surface area contributed by atoms with Crippen molar-refractivity contribution < 1.29 is 23.0 Å². The van der Waals surface area contributed by atoms with Crippen molar-refractivity contribution in [2.45, 2.75) is 39.6 Å². The lowest BCUT2D eigenvalue weighted by molar-refractivity contribution is -0.274. The van der Waals surface area contributed by atoms with Gasteiger partial charge in [0.05, 0.1) is 0 Å². The number of hydrogen-bond acceptors (Lipinski definition) is 5. The summed E-state index contributed by atoms with van der Waals surface area (Å²) in [5.41, 5.74) is 0.793. The molecular formula is C20H30F3IN6O2. The van der Waals surface area contributed by atoms with Gasteiger partial charge < -0.3 is 25.0 Å². The third-order valence-corrected chi connectivity index (χ3v) is 4.45. The Morgan fingerprint density at radius 2 is 1.94 bits per heavy atom. The van der Waals surface area contributed by atoms with E-state index in [2.05, 4.69) is 30.6 Å². The lowest BCUT2D eigenvalue weighted by Gasteiger charge is -2.16. The molecule has 0 saturated heterocycles. The number of guanidine groups is 1. The first-order valence-electron chi connectivity index (χ1n) is 10.2. The summed E-state index contributed by atoms with van der Waals surface area (Å²) in [6.07, 6.45) is -1.74. The molecule has 2 aromatic rings. The molecule has 2 rings (SSSR count). The molecular weight excluding hydrogens is 540 g/mol. The Morgan fingerprint density at radius 3 is 2.53 bits per heavy atom. The maximum atomic E-state index is 12.3. The van der Waals surface area contributed by atoms with Crippen LogP contribution >= 0.6 is 24.0 Å². The van der Waals surface area contributed by atoms with Gasteiger partial charge in [0.1, 0.15) is 17.9 Å². The van der Waals surface area contributed by atoms with Crippen molar-refractivity contribution in [1.82, 2.24) is 25.4 Å². The number of aliphatic hydroxyl groups excluding tert-OH is 1. The minimum atomic E-state index is -4.72. The fourth-order valence-corrected chi connectivity index (χ4v) is 2.94. The zero-order chi connectivity index (χ0) is 22.7. The molecule has 0 aliphatic carbocycles. The highest BCUT2D eigenvalue weighted by atomic mass is 127. The Kier molecular flexibility index (Phi) is 12.3. The molecule has 0 bridgehead atoms. The number of halogens is 4. The van der Waals surface area contributed by atoms with E-state index in [1.54, 1.807) is 18.5 Å². The monoisotopic (exact) mass is 570 g/mol. The Hall–Kier alpha value is -2.09. The molecule has 0 amide bonds. The van der Waals surface area contributed by atoms with E-state index >= 15 is 0 Å². The summed E-state index contributed by atoms with van der Waals surface area (Å²) in [6.45, 7) is 6.25. The summed E-state index contributed by atoms with van der Waals surface area (Å²) in [7, 11) is 0. The van der Waals surface area contributed by atoms with Crippen molar-refractivity contribution in [3.05, 3.63) is 42.0 Å². The summed E-state index contributed by atoms with van der Waals surface area (Å²) in [5.74, 6) is 1.10. The van der Waals surface area contributed by atoms with E-state index in [0.717, 1.165) is 17.8 Å². The summed E-state index contributed by atoms with van der Waals surface area (Å²) in [4.78, 5) is 4.53. The van der Waals surface area contributed by atoms with Gasteiger partial charge in [-0.05, 0) is 31.0 Å². The number of aryl methyl sites for hydroxylation is 1. The van der Waals surface area contributed by atoms with E-state index in [0.29, 0.717) is 38.6 Å². The van der Waals surface area contributed by atoms with Gasteiger partial charge in [0.15, 0.2) is 5.96 Å². The lowest BCUT2D eigenvalue weighted by Crippen LogP contribution is -2.39. The minimum absolute atomic E-state index is 0. The molecule has 3 N–H and O–H groups in total. The van der Waals surface area contributed by atoms with Gasteiger partial charge >= 0.3 is 6.36 Å². The summed E-state index contributed by atoms with van der Waals surface area (Å²) in [5, 5.41) is 24.1. The fraction of sp³-hybridized carbons (Fsp3) is 0.550. The fourth-order valence-electron chi connectivity index (χ4n) is 2.94. The van der Waals surface area contributed by atoms with Crippen LogP contribution in [0.15, 0.2) is 35.6 Å². The number of nitrogens with zero attached hydrogens (tertiary/aromatic N) is 4. The van der Waals surface area contributed by atoms with Crippen molar-refractivity contribution in [3.63, 3.8) is 0 Å². The number of aliphatic imine (C=N–C) groups is 1. The van der Waals surface area contributed by atoms with Crippen LogP contribution in [0.3, 0.4) is 0 Å². The minimum Gasteiger partial charge on any atom is -0.406 e. The predicted octanol–water partition coefficient (Wildman–Crippen LogP) is 2.76. The first-order chi connectivity index (χ1) is 14.8. The average Bonchev–Trinajstić information content (AvgIpc) is 3.18. The molecule has 12 heteroatoms. The van der Waals surface area contributed by atoms with Crippen LogP contribution in [-0.2, 0) is 19.4 Å². The Balaban J connectivity index is 0.00000512. The molecule has 180 valence electrons. The third kappa shape index (κ3) is 10.0. The summed E-state index contributed by atoms with van der Waals surface area (Å²) < 4.78 is 42.6. The lowest BCUT2D eigenvalue weighted by atomic mass is 10.0.